The number of hydrogen-bond acceptors (Lipinski definition) is 3. The van der Waals surface area contributed by atoms with Crippen LogP contribution in [0.25, 0.3) is 0 Å². The predicted molar refractivity (Wildman–Crippen MR) is 125 cm³/mol. The molecule has 3 nitrogen and oxygen atoms in total. The SMILES string of the molecule is CCCC1=Nc2cc(C(=O)NC[C@H](C)c3ccccc3)ccc2Sc2ccccc21. The van der Waals surface area contributed by atoms with Crippen LogP contribution in [0.15, 0.2) is 87.6 Å². The lowest BCUT2D eigenvalue weighted by atomic mass is 10.0. The molecule has 0 aromatic heterocycles. The molecule has 1 amide bonds. The number of amides is 1. The average molecular weight is 415 g/mol. The first-order valence-corrected chi connectivity index (χ1v) is 11.3. The second-order valence-electron chi connectivity index (χ2n) is 7.61. The molecule has 0 saturated heterocycles. The van der Waals surface area contributed by atoms with Gasteiger partial charge in [0.15, 0.2) is 0 Å². The van der Waals surface area contributed by atoms with E-state index in [0.717, 1.165) is 29.1 Å². The standard InChI is InChI=1S/C26H26N2OS/c1-3-9-22-21-12-7-8-13-24(21)30-25-15-14-20(16-23(25)28-22)26(29)27-17-18(2)19-10-5-4-6-11-19/h4-8,10-16,18H,3,9,17H2,1-2H3,(H,27,29)/t18-/m0/s1. The Morgan fingerprint density at radius 2 is 1.77 bits per heavy atom. The number of nitrogens with zero attached hydrogens (tertiary/aromatic N) is 1. The van der Waals surface area contributed by atoms with E-state index in [1.807, 2.05) is 36.4 Å². The van der Waals surface area contributed by atoms with E-state index in [4.69, 9.17) is 4.99 Å². The van der Waals surface area contributed by atoms with Crippen LogP contribution < -0.4 is 5.32 Å². The van der Waals surface area contributed by atoms with E-state index in [1.54, 1.807) is 11.8 Å². The van der Waals surface area contributed by atoms with E-state index in [0.29, 0.717) is 12.1 Å². The Bertz CT molecular complexity index is 1080. The van der Waals surface area contributed by atoms with Gasteiger partial charge in [-0.1, -0.05) is 80.6 Å². The number of nitrogens with one attached hydrogen (secondary N) is 1. The first-order chi connectivity index (χ1) is 14.7. The summed E-state index contributed by atoms with van der Waals surface area (Å²) in [5.41, 5.74) is 5.05. The van der Waals surface area contributed by atoms with Gasteiger partial charge >= 0.3 is 0 Å². The van der Waals surface area contributed by atoms with Crippen LogP contribution in [0, 0.1) is 0 Å². The highest BCUT2D eigenvalue weighted by Crippen LogP contribution is 2.41. The first-order valence-electron chi connectivity index (χ1n) is 10.5. The minimum absolute atomic E-state index is 0.0559. The molecule has 1 aliphatic rings. The van der Waals surface area contributed by atoms with Crippen LogP contribution in [-0.4, -0.2) is 18.2 Å². The molecule has 3 aromatic carbocycles. The fourth-order valence-corrected chi connectivity index (χ4v) is 4.65. The van der Waals surface area contributed by atoms with Crippen LogP contribution in [0.5, 0.6) is 0 Å². The summed E-state index contributed by atoms with van der Waals surface area (Å²) in [6.45, 7) is 4.90. The second kappa shape index (κ2) is 9.31. The van der Waals surface area contributed by atoms with Crippen molar-refractivity contribution in [1.29, 1.82) is 0 Å². The zero-order valence-electron chi connectivity index (χ0n) is 17.4. The summed E-state index contributed by atoms with van der Waals surface area (Å²) < 4.78 is 0. The molecule has 0 saturated carbocycles. The minimum Gasteiger partial charge on any atom is -0.351 e. The number of hydrogen-bond donors (Lipinski definition) is 1. The zero-order chi connectivity index (χ0) is 20.9. The number of fused-ring (bicyclic) bond motifs is 2. The van der Waals surface area contributed by atoms with Crippen molar-refractivity contribution in [3.05, 3.63) is 89.5 Å². The molecule has 1 N–H and O–H groups in total. The first kappa shape index (κ1) is 20.4. The van der Waals surface area contributed by atoms with E-state index in [1.165, 1.54) is 16.0 Å². The summed E-state index contributed by atoms with van der Waals surface area (Å²) in [5.74, 6) is 0.204. The summed E-state index contributed by atoms with van der Waals surface area (Å²) in [6, 6.07) is 24.5. The topological polar surface area (TPSA) is 41.5 Å². The number of rotatable bonds is 6. The van der Waals surface area contributed by atoms with Gasteiger partial charge in [-0.15, -0.1) is 0 Å². The zero-order valence-corrected chi connectivity index (χ0v) is 18.2. The summed E-state index contributed by atoms with van der Waals surface area (Å²) in [7, 11) is 0. The van der Waals surface area contributed by atoms with Crippen molar-refractivity contribution >= 4 is 29.1 Å². The van der Waals surface area contributed by atoms with Crippen LogP contribution in [0.1, 0.15) is 54.1 Å². The molecule has 30 heavy (non-hydrogen) atoms. The molecule has 1 atom stereocenters. The fourth-order valence-electron chi connectivity index (χ4n) is 3.63. The quantitative estimate of drug-likeness (QED) is 0.493. The van der Waals surface area contributed by atoms with Gasteiger partial charge in [0, 0.05) is 33.2 Å². The van der Waals surface area contributed by atoms with Gasteiger partial charge in [-0.3, -0.25) is 9.79 Å². The smallest absolute Gasteiger partial charge is 0.251 e. The lowest BCUT2D eigenvalue weighted by Gasteiger charge is -2.13. The Kier molecular flexibility index (Phi) is 6.34. The highest BCUT2D eigenvalue weighted by atomic mass is 32.2. The molecule has 0 unspecified atom stereocenters. The lowest BCUT2D eigenvalue weighted by molar-refractivity contribution is 0.0951. The summed E-state index contributed by atoms with van der Waals surface area (Å²) in [5, 5.41) is 3.08. The maximum atomic E-state index is 12.8. The van der Waals surface area contributed by atoms with Gasteiger partial charge in [-0.05, 0) is 42.2 Å². The molecule has 0 spiro atoms. The molecule has 4 rings (SSSR count). The highest BCUT2D eigenvalue weighted by Gasteiger charge is 2.18. The van der Waals surface area contributed by atoms with Crippen molar-refractivity contribution in [2.75, 3.05) is 6.54 Å². The van der Waals surface area contributed by atoms with Gasteiger partial charge in [-0.25, -0.2) is 0 Å². The van der Waals surface area contributed by atoms with Crippen molar-refractivity contribution in [2.24, 2.45) is 4.99 Å². The molecule has 0 radical (unpaired) electrons. The Labute approximate surface area is 182 Å². The van der Waals surface area contributed by atoms with Crippen molar-refractivity contribution in [3.8, 4) is 0 Å². The molecule has 3 aromatic rings. The Balaban J connectivity index is 1.55. The maximum absolute atomic E-state index is 12.8. The summed E-state index contributed by atoms with van der Waals surface area (Å²) >= 11 is 1.72. The fraction of sp³-hybridized carbons (Fsp3) is 0.231. The van der Waals surface area contributed by atoms with Gasteiger partial charge in [0.2, 0.25) is 0 Å². The number of carbonyl (C=O) groups is 1. The molecule has 4 heteroatoms. The van der Waals surface area contributed by atoms with E-state index in [9.17, 15) is 4.79 Å². The summed E-state index contributed by atoms with van der Waals surface area (Å²) in [6.07, 6.45) is 1.95. The molecule has 0 bridgehead atoms. The third-order valence-corrected chi connectivity index (χ3v) is 6.46. The molecule has 0 aliphatic carbocycles. The third-order valence-electron chi connectivity index (χ3n) is 5.32. The molecular formula is C26H26N2OS. The average Bonchev–Trinajstić information content (AvgIpc) is 2.94. The normalized spacial score (nSPS) is 13.5. The van der Waals surface area contributed by atoms with Crippen LogP contribution in [0.4, 0.5) is 5.69 Å². The monoisotopic (exact) mass is 414 g/mol. The lowest BCUT2D eigenvalue weighted by Crippen LogP contribution is -2.27. The second-order valence-corrected chi connectivity index (χ2v) is 8.69. The molecule has 152 valence electrons. The molecule has 1 aliphatic heterocycles. The van der Waals surface area contributed by atoms with Gasteiger partial charge < -0.3 is 5.32 Å². The summed E-state index contributed by atoms with van der Waals surface area (Å²) in [4.78, 5) is 20.1. The Hall–Kier alpha value is -2.85. The van der Waals surface area contributed by atoms with E-state index in [2.05, 4.69) is 55.6 Å². The highest BCUT2D eigenvalue weighted by molar-refractivity contribution is 7.99. The van der Waals surface area contributed by atoms with Crippen molar-refractivity contribution in [1.82, 2.24) is 5.32 Å². The van der Waals surface area contributed by atoms with Crippen molar-refractivity contribution < 1.29 is 4.79 Å². The number of carbonyl (C=O) groups excluding carboxylic acids is 1. The van der Waals surface area contributed by atoms with Crippen molar-refractivity contribution in [2.45, 2.75) is 42.4 Å². The minimum atomic E-state index is -0.0559. The van der Waals surface area contributed by atoms with E-state index < -0.39 is 0 Å². The molecule has 0 fully saturated rings. The van der Waals surface area contributed by atoms with Gasteiger partial charge in [0.1, 0.15) is 0 Å². The molecular weight excluding hydrogens is 388 g/mol. The number of aliphatic imine (C=N–C) groups is 1. The van der Waals surface area contributed by atoms with E-state index >= 15 is 0 Å². The van der Waals surface area contributed by atoms with Crippen LogP contribution in [-0.2, 0) is 0 Å². The Morgan fingerprint density at radius 3 is 2.57 bits per heavy atom. The van der Waals surface area contributed by atoms with Crippen LogP contribution in [0.2, 0.25) is 0 Å². The van der Waals surface area contributed by atoms with Gasteiger partial charge in [-0.2, -0.15) is 0 Å². The number of benzene rings is 3. The van der Waals surface area contributed by atoms with Gasteiger partial charge in [0.25, 0.3) is 5.91 Å². The largest absolute Gasteiger partial charge is 0.351 e. The maximum Gasteiger partial charge on any atom is 0.251 e. The predicted octanol–water partition coefficient (Wildman–Crippen LogP) is 6.61. The Morgan fingerprint density at radius 1 is 1.00 bits per heavy atom. The van der Waals surface area contributed by atoms with Crippen molar-refractivity contribution in [3.63, 3.8) is 0 Å². The van der Waals surface area contributed by atoms with E-state index in [-0.39, 0.29) is 11.8 Å². The van der Waals surface area contributed by atoms with Gasteiger partial charge in [0.05, 0.1) is 5.69 Å². The van der Waals surface area contributed by atoms with Crippen LogP contribution in [0.3, 0.4) is 0 Å². The third kappa shape index (κ3) is 4.49. The molecule has 1 heterocycles. The van der Waals surface area contributed by atoms with Crippen LogP contribution >= 0.6 is 11.8 Å².